The molecule has 1 aromatic heterocycles. The van der Waals surface area contributed by atoms with Gasteiger partial charge in [0.2, 0.25) is 0 Å². The van der Waals surface area contributed by atoms with Crippen LogP contribution in [0.1, 0.15) is 17.8 Å². The van der Waals surface area contributed by atoms with Crippen LogP contribution < -0.4 is 5.73 Å². The quantitative estimate of drug-likeness (QED) is 0.696. The first-order valence-electron chi connectivity index (χ1n) is 3.03. The van der Waals surface area contributed by atoms with Crippen molar-refractivity contribution in [2.24, 2.45) is 5.73 Å². The highest BCUT2D eigenvalue weighted by molar-refractivity contribution is 5.04. The van der Waals surface area contributed by atoms with Crippen molar-refractivity contribution in [2.75, 3.05) is 0 Å². The van der Waals surface area contributed by atoms with Crippen molar-refractivity contribution in [3.05, 3.63) is 23.8 Å². The molecule has 3 nitrogen and oxygen atoms in total. The summed E-state index contributed by atoms with van der Waals surface area (Å²) < 4.78 is 23.7. The molecule has 0 radical (unpaired) electrons. The molecule has 0 fully saturated rings. The molecule has 0 saturated carbocycles. The molecule has 1 aromatic rings. The maximum absolute atomic E-state index is 11.8. The van der Waals surface area contributed by atoms with E-state index in [4.69, 9.17) is 5.73 Å². The zero-order valence-electron chi connectivity index (χ0n) is 5.67. The van der Waals surface area contributed by atoms with Gasteiger partial charge >= 0.3 is 0 Å². The third-order valence-electron chi connectivity index (χ3n) is 1.16. The number of aromatic nitrogens is 2. The average molecular weight is 159 g/mol. The Bertz CT molecular complexity index is 222. The summed E-state index contributed by atoms with van der Waals surface area (Å²) in [6.07, 6.45) is -0.00924. The van der Waals surface area contributed by atoms with Gasteiger partial charge in [-0.1, -0.05) is 0 Å². The number of alkyl halides is 2. The largest absolute Gasteiger partial charge is 0.326 e. The topological polar surface area (TPSA) is 51.8 Å². The minimum absolute atomic E-state index is 0.267. The fourth-order valence-corrected chi connectivity index (χ4v) is 0.583. The Balaban J connectivity index is 2.83. The van der Waals surface area contributed by atoms with Crippen molar-refractivity contribution in [3.63, 3.8) is 0 Å². The molecule has 0 spiro atoms. The first kappa shape index (κ1) is 8.00. The fraction of sp³-hybridized carbons (Fsp3) is 0.333. The van der Waals surface area contributed by atoms with Gasteiger partial charge in [0.25, 0.3) is 6.43 Å². The third kappa shape index (κ3) is 1.91. The third-order valence-corrected chi connectivity index (χ3v) is 1.16. The second-order valence-corrected chi connectivity index (χ2v) is 1.95. The summed E-state index contributed by atoms with van der Waals surface area (Å²) in [7, 11) is 0. The minimum atomic E-state index is -2.61. The summed E-state index contributed by atoms with van der Waals surface area (Å²) in [5, 5.41) is 0. The van der Waals surface area contributed by atoms with E-state index in [9.17, 15) is 8.78 Å². The standard InChI is InChI=1S/C6H7F2N3/c7-5(8)6-10-2-4(1-9)3-11-6/h2-3,5H,1,9H2. The molecule has 0 atom stereocenters. The Hall–Kier alpha value is -1.10. The van der Waals surface area contributed by atoms with Crippen LogP contribution in [0.2, 0.25) is 0 Å². The molecule has 1 heterocycles. The molecule has 0 aliphatic rings. The first-order valence-corrected chi connectivity index (χ1v) is 3.03. The molecule has 0 aliphatic carbocycles. The van der Waals surface area contributed by atoms with Crippen LogP contribution in [0.15, 0.2) is 12.4 Å². The molecule has 1 rings (SSSR count). The van der Waals surface area contributed by atoms with Crippen molar-refractivity contribution < 1.29 is 8.78 Å². The van der Waals surface area contributed by atoms with E-state index in [0.717, 1.165) is 0 Å². The van der Waals surface area contributed by atoms with E-state index >= 15 is 0 Å². The summed E-state index contributed by atoms with van der Waals surface area (Å²) in [5.41, 5.74) is 5.86. The summed E-state index contributed by atoms with van der Waals surface area (Å²) in [4.78, 5) is 6.82. The highest BCUT2D eigenvalue weighted by Crippen LogP contribution is 2.12. The molecule has 60 valence electrons. The lowest BCUT2D eigenvalue weighted by Gasteiger charge is -1.97. The maximum Gasteiger partial charge on any atom is 0.297 e. The van der Waals surface area contributed by atoms with E-state index in [1.165, 1.54) is 12.4 Å². The second kappa shape index (κ2) is 3.34. The summed E-state index contributed by atoms with van der Waals surface area (Å²) >= 11 is 0. The zero-order valence-corrected chi connectivity index (χ0v) is 5.67. The zero-order chi connectivity index (χ0) is 8.27. The van der Waals surface area contributed by atoms with Crippen LogP contribution in [0.25, 0.3) is 0 Å². The van der Waals surface area contributed by atoms with E-state index < -0.39 is 12.2 Å². The van der Waals surface area contributed by atoms with Gasteiger partial charge in [0.1, 0.15) is 0 Å². The monoisotopic (exact) mass is 159 g/mol. The first-order chi connectivity index (χ1) is 5.24. The molecule has 0 aliphatic heterocycles. The van der Waals surface area contributed by atoms with E-state index in [0.29, 0.717) is 5.56 Å². The number of nitrogens with zero attached hydrogens (tertiary/aromatic N) is 2. The van der Waals surface area contributed by atoms with Crippen molar-refractivity contribution in [1.82, 2.24) is 9.97 Å². The summed E-state index contributed by atoms with van der Waals surface area (Å²) in [5.74, 6) is -0.456. The van der Waals surface area contributed by atoms with Crippen LogP contribution in [0.4, 0.5) is 8.78 Å². The van der Waals surface area contributed by atoms with E-state index in [1.54, 1.807) is 0 Å². The van der Waals surface area contributed by atoms with Gasteiger partial charge in [-0.3, -0.25) is 0 Å². The SMILES string of the molecule is NCc1cnc(C(F)F)nc1. The van der Waals surface area contributed by atoms with Crippen LogP contribution in [0.5, 0.6) is 0 Å². The Morgan fingerprint density at radius 1 is 1.36 bits per heavy atom. The summed E-state index contributed by atoms with van der Waals surface area (Å²) in [6, 6.07) is 0. The number of hydrogen-bond donors (Lipinski definition) is 1. The Labute approximate surface area is 62.3 Å². The molecule has 0 bridgehead atoms. The highest BCUT2D eigenvalue weighted by Gasteiger charge is 2.08. The van der Waals surface area contributed by atoms with E-state index in [2.05, 4.69) is 9.97 Å². The van der Waals surface area contributed by atoms with Crippen LogP contribution in [0.3, 0.4) is 0 Å². The summed E-state index contributed by atoms with van der Waals surface area (Å²) in [6.45, 7) is 0.267. The molecule has 0 unspecified atom stereocenters. The van der Waals surface area contributed by atoms with E-state index in [-0.39, 0.29) is 6.54 Å². The molecule has 0 saturated heterocycles. The maximum atomic E-state index is 11.8. The van der Waals surface area contributed by atoms with Gasteiger partial charge in [0.15, 0.2) is 5.82 Å². The lowest BCUT2D eigenvalue weighted by Crippen LogP contribution is -2.01. The molecule has 2 N–H and O–H groups in total. The highest BCUT2D eigenvalue weighted by atomic mass is 19.3. The number of halogens is 2. The van der Waals surface area contributed by atoms with E-state index in [1.807, 2.05) is 0 Å². The Morgan fingerprint density at radius 3 is 2.27 bits per heavy atom. The number of rotatable bonds is 2. The van der Waals surface area contributed by atoms with Gasteiger partial charge in [0, 0.05) is 24.5 Å². The predicted molar refractivity (Wildman–Crippen MR) is 34.9 cm³/mol. The van der Waals surface area contributed by atoms with Gasteiger partial charge < -0.3 is 5.73 Å². The average Bonchev–Trinajstić information content (AvgIpc) is 2.05. The Kier molecular flexibility index (Phi) is 2.43. The molecule has 5 heteroatoms. The minimum Gasteiger partial charge on any atom is -0.326 e. The Morgan fingerprint density at radius 2 is 1.91 bits per heavy atom. The molecule has 0 amide bonds. The molecular formula is C6H7F2N3. The second-order valence-electron chi connectivity index (χ2n) is 1.95. The van der Waals surface area contributed by atoms with Crippen LogP contribution >= 0.6 is 0 Å². The normalized spacial score (nSPS) is 10.5. The molecular weight excluding hydrogens is 152 g/mol. The lowest BCUT2D eigenvalue weighted by atomic mass is 10.3. The van der Waals surface area contributed by atoms with Crippen molar-refractivity contribution in [1.29, 1.82) is 0 Å². The van der Waals surface area contributed by atoms with Crippen LogP contribution in [-0.2, 0) is 6.54 Å². The predicted octanol–water partition coefficient (Wildman–Crippen LogP) is 0.873. The molecule has 0 aromatic carbocycles. The smallest absolute Gasteiger partial charge is 0.297 e. The van der Waals surface area contributed by atoms with Crippen molar-refractivity contribution in [2.45, 2.75) is 13.0 Å². The fourth-order valence-electron chi connectivity index (χ4n) is 0.583. The van der Waals surface area contributed by atoms with Gasteiger partial charge in [-0.2, -0.15) is 0 Å². The molecule has 11 heavy (non-hydrogen) atoms. The van der Waals surface area contributed by atoms with Gasteiger partial charge in [-0.25, -0.2) is 18.7 Å². The lowest BCUT2D eigenvalue weighted by molar-refractivity contribution is 0.140. The van der Waals surface area contributed by atoms with Gasteiger partial charge in [-0.15, -0.1) is 0 Å². The number of nitrogens with two attached hydrogens (primary N) is 1. The number of hydrogen-bond acceptors (Lipinski definition) is 3. The van der Waals surface area contributed by atoms with Crippen molar-refractivity contribution >= 4 is 0 Å². The van der Waals surface area contributed by atoms with Gasteiger partial charge in [-0.05, 0) is 0 Å². The van der Waals surface area contributed by atoms with Crippen molar-refractivity contribution in [3.8, 4) is 0 Å². The van der Waals surface area contributed by atoms with Crippen LogP contribution in [-0.4, -0.2) is 9.97 Å². The van der Waals surface area contributed by atoms with Crippen LogP contribution in [0, 0.1) is 0 Å². The van der Waals surface area contributed by atoms with Gasteiger partial charge in [0.05, 0.1) is 0 Å².